The number of nitrogens with zero attached hydrogens (tertiary/aromatic N) is 1. The summed E-state index contributed by atoms with van der Waals surface area (Å²) < 4.78 is 11.2. The molecular weight excluding hydrogens is 216 g/mol. The van der Waals surface area contributed by atoms with Crippen LogP contribution in [0.5, 0.6) is 5.88 Å². The first-order chi connectivity index (χ1) is 8.33. The molecule has 0 spiro atoms. The van der Waals surface area contributed by atoms with Crippen LogP contribution in [0, 0.1) is 6.92 Å². The molecule has 4 heteroatoms. The van der Waals surface area contributed by atoms with Gasteiger partial charge in [-0.15, -0.1) is 0 Å². The summed E-state index contributed by atoms with van der Waals surface area (Å²) in [5.74, 6) is 0.619. The molecule has 1 atom stereocenters. The van der Waals surface area contributed by atoms with E-state index in [1.165, 1.54) is 5.56 Å². The maximum absolute atomic E-state index is 5.88. The van der Waals surface area contributed by atoms with E-state index < -0.39 is 0 Å². The average molecular weight is 232 g/mol. The summed E-state index contributed by atoms with van der Waals surface area (Å²) in [6, 6.07) is 6.03. The largest absolute Gasteiger partial charge is 0.470 e. The molecule has 1 aliphatic rings. The van der Waals surface area contributed by atoms with Crippen LogP contribution in [-0.2, 0) is 0 Å². The van der Waals surface area contributed by atoms with Gasteiger partial charge in [-0.05, 0) is 49.2 Å². The molecule has 0 radical (unpaired) electrons. The molecule has 4 nitrogen and oxygen atoms in total. The normalized spacial score (nSPS) is 20.6. The molecule has 1 aromatic carbocycles. The molecule has 0 aliphatic carbocycles. The zero-order chi connectivity index (χ0) is 11.7. The van der Waals surface area contributed by atoms with E-state index in [2.05, 4.69) is 10.5 Å². The van der Waals surface area contributed by atoms with Crippen LogP contribution in [-0.4, -0.2) is 24.4 Å². The maximum atomic E-state index is 5.88. The minimum Gasteiger partial charge on any atom is -0.470 e. The molecule has 1 fully saturated rings. The van der Waals surface area contributed by atoms with Crippen molar-refractivity contribution in [2.24, 2.45) is 0 Å². The summed E-state index contributed by atoms with van der Waals surface area (Å²) in [5.41, 5.74) is 1.96. The number of hydrogen-bond donors (Lipinski definition) is 1. The lowest BCUT2D eigenvalue weighted by Crippen LogP contribution is -2.37. The Hall–Kier alpha value is -1.55. The highest BCUT2D eigenvalue weighted by molar-refractivity contribution is 5.82. The van der Waals surface area contributed by atoms with Crippen molar-refractivity contribution in [2.45, 2.75) is 25.9 Å². The summed E-state index contributed by atoms with van der Waals surface area (Å²) in [5, 5.41) is 8.29. The molecule has 0 amide bonds. The Labute approximate surface area is 99.9 Å². The van der Waals surface area contributed by atoms with Crippen molar-refractivity contribution in [3.63, 3.8) is 0 Å². The fourth-order valence-electron chi connectivity index (χ4n) is 2.18. The third-order valence-corrected chi connectivity index (χ3v) is 3.12. The number of hydrogen-bond acceptors (Lipinski definition) is 4. The molecule has 0 saturated carbocycles. The van der Waals surface area contributed by atoms with Crippen LogP contribution >= 0.6 is 0 Å². The predicted molar refractivity (Wildman–Crippen MR) is 65.3 cm³/mol. The van der Waals surface area contributed by atoms with E-state index in [0.29, 0.717) is 5.88 Å². The highest BCUT2D eigenvalue weighted by Gasteiger charge is 2.18. The standard InChI is InChI=1S/C13H16N2O2/c1-9-4-5-11-12(7-9)17-15-13(11)16-10-3-2-6-14-8-10/h4-5,7,10,14H,2-3,6,8H2,1H3. The maximum Gasteiger partial charge on any atom is 0.262 e. The summed E-state index contributed by atoms with van der Waals surface area (Å²) in [7, 11) is 0. The minimum atomic E-state index is 0.207. The van der Waals surface area contributed by atoms with Gasteiger partial charge in [-0.1, -0.05) is 6.07 Å². The van der Waals surface area contributed by atoms with Crippen LogP contribution in [0.15, 0.2) is 22.7 Å². The lowest BCUT2D eigenvalue weighted by atomic mass is 10.1. The molecule has 17 heavy (non-hydrogen) atoms. The highest BCUT2D eigenvalue weighted by atomic mass is 16.5. The Balaban J connectivity index is 1.84. The molecule has 90 valence electrons. The Kier molecular flexibility index (Phi) is 2.73. The number of fused-ring (bicyclic) bond motifs is 1. The fourth-order valence-corrected chi connectivity index (χ4v) is 2.18. The van der Waals surface area contributed by atoms with Gasteiger partial charge in [0.05, 0.1) is 5.39 Å². The zero-order valence-corrected chi connectivity index (χ0v) is 9.90. The van der Waals surface area contributed by atoms with Gasteiger partial charge in [-0.25, -0.2) is 0 Å². The first-order valence-corrected chi connectivity index (χ1v) is 6.06. The Bertz CT molecular complexity index is 515. The second-order valence-electron chi connectivity index (χ2n) is 4.57. The van der Waals surface area contributed by atoms with Gasteiger partial charge in [-0.3, -0.25) is 0 Å². The third-order valence-electron chi connectivity index (χ3n) is 3.12. The van der Waals surface area contributed by atoms with E-state index in [9.17, 15) is 0 Å². The van der Waals surface area contributed by atoms with E-state index in [4.69, 9.17) is 9.26 Å². The monoisotopic (exact) mass is 232 g/mol. The van der Waals surface area contributed by atoms with Crippen LogP contribution in [0.4, 0.5) is 0 Å². The summed E-state index contributed by atoms with van der Waals surface area (Å²) in [6.07, 6.45) is 2.44. The van der Waals surface area contributed by atoms with Crippen LogP contribution in [0.2, 0.25) is 0 Å². The van der Waals surface area contributed by atoms with Crippen molar-refractivity contribution < 1.29 is 9.26 Å². The van der Waals surface area contributed by atoms with Gasteiger partial charge in [0.15, 0.2) is 5.58 Å². The van der Waals surface area contributed by atoms with Crippen molar-refractivity contribution in [2.75, 3.05) is 13.1 Å². The first kappa shape index (κ1) is 10.6. The van der Waals surface area contributed by atoms with Crippen molar-refractivity contribution in [1.82, 2.24) is 10.5 Å². The van der Waals surface area contributed by atoms with Gasteiger partial charge in [-0.2, -0.15) is 0 Å². The number of piperidine rings is 1. The lowest BCUT2D eigenvalue weighted by molar-refractivity contribution is 0.155. The molecular formula is C13H16N2O2. The van der Waals surface area contributed by atoms with E-state index >= 15 is 0 Å². The number of ether oxygens (including phenoxy) is 1. The molecule has 1 saturated heterocycles. The Morgan fingerprint density at radius 3 is 3.24 bits per heavy atom. The highest BCUT2D eigenvalue weighted by Crippen LogP contribution is 2.27. The second-order valence-corrected chi connectivity index (χ2v) is 4.57. The zero-order valence-electron chi connectivity index (χ0n) is 9.90. The van der Waals surface area contributed by atoms with Crippen molar-refractivity contribution in [1.29, 1.82) is 0 Å². The van der Waals surface area contributed by atoms with Gasteiger partial charge in [0.25, 0.3) is 5.88 Å². The lowest BCUT2D eigenvalue weighted by Gasteiger charge is -2.22. The van der Waals surface area contributed by atoms with Crippen molar-refractivity contribution >= 4 is 11.0 Å². The van der Waals surface area contributed by atoms with Crippen LogP contribution < -0.4 is 10.1 Å². The van der Waals surface area contributed by atoms with Crippen LogP contribution in [0.25, 0.3) is 11.0 Å². The SMILES string of the molecule is Cc1ccc2c(OC3CCCNC3)noc2c1. The smallest absolute Gasteiger partial charge is 0.262 e. The topological polar surface area (TPSA) is 47.3 Å². The van der Waals surface area contributed by atoms with E-state index in [1.807, 2.05) is 25.1 Å². The summed E-state index contributed by atoms with van der Waals surface area (Å²) >= 11 is 0. The van der Waals surface area contributed by atoms with E-state index in [1.54, 1.807) is 0 Å². The Morgan fingerprint density at radius 2 is 2.41 bits per heavy atom. The Morgan fingerprint density at radius 1 is 1.47 bits per heavy atom. The van der Waals surface area contributed by atoms with Gasteiger partial charge in [0.2, 0.25) is 0 Å². The molecule has 2 aromatic rings. The number of aromatic nitrogens is 1. The number of nitrogens with one attached hydrogen (secondary N) is 1. The average Bonchev–Trinajstić information content (AvgIpc) is 2.73. The minimum absolute atomic E-state index is 0.207. The van der Waals surface area contributed by atoms with Gasteiger partial charge < -0.3 is 14.6 Å². The fraction of sp³-hybridized carbons (Fsp3) is 0.462. The molecule has 1 aromatic heterocycles. The molecule has 1 aliphatic heterocycles. The predicted octanol–water partition coefficient (Wildman–Crippen LogP) is 2.27. The molecule has 3 rings (SSSR count). The third kappa shape index (κ3) is 2.13. The number of rotatable bonds is 2. The van der Waals surface area contributed by atoms with E-state index in [0.717, 1.165) is 36.9 Å². The van der Waals surface area contributed by atoms with Gasteiger partial charge >= 0.3 is 0 Å². The first-order valence-electron chi connectivity index (χ1n) is 6.06. The molecule has 1 N–H and O–H groups in total. The summed E-state index contributed by atoms with van der Waals surface area (Å²) in [6.45, 7) is 4.01. The van der Waals surface area contributed by atoms with Crippen LogP contribution in [0.1, 0.15) is 18.4 Å². The van der Waals surface area contributed by atoms with E-state index in [-0.39, 0.29) is 6.10 Å². The number of benzene rings is 1. The van der Waals surface area contributed by atoms with Gasteiger partial charge in [0, 0.05) is 6.54 Å². The summed E-state index contributed by atoms with van der Waals surface area (Å²) in [4.78, 5) is 0. The number of aryl methyl sites for hydroxylation is 1. The molecule has 1 unspecified atom stereocenters. The van der Waals surface area contributed by atoms with Crippen molar-refractivity contribution in [3.05, 3.63) is 23.8 Å². The van der Waals surface area contributed by atoms with Gasteiger partial charge in [0.1, 0.15) is 6.10 Å². The molecule has 0 bridgehead atoms. The van der Waals surface area contributed by atoms with Crippen molar-refractivity contribution in [3.8, 4) is 5.88 Å². The molecule has 2 heterocycles. The quantitative estimate of drug-likeness (QED) is 0.862. The second kappa shape index (κ2) is 4.37. The van der Waals surface area contributed by atoms with Crippen LogP contribution in [0.3, 0.4) is 0 Å².